The van der Waals surface area contributed by atoms with Gasteiger partial charge in [0.1, 0.15) is 5.03 Å². The van der Waals surface area contributed by atoms with Gasteiger partial charge in [-0.15, -0.1) is 11.8 Å². The Morgan fingerprint density at radius 2 is 1.90 bits per heavy atom. The molecule has 4 rings (SSSR count). The molecule has 1 aliphatic carbocycles. The van der Waals surface area contributed by atoms with E-state index in [1.807, 2.05) is 13.0 Å². The predicted molar refractivity (Wildman–Crippen MR) is 98.9 cm³/mol. The van der Waals surface area contributed by atoms with Crippen molar-refractivity contribution >= 4 is 17.4 Å². The number of thioether (sulfide) groups is 1. The molecule has 30 heavy (non-hydrogen) atoms. The third-order valence-electron chi connectivity index (χ3n) is 4.49. The van der Waals surface area contributed by atoms with Crippen molar-refractivity contribution < 1.29 is 26.7 Å². The van der Waals surface area contributed by atoms with Crippen LogP contribution in [-0.2, 0) is 0 Å². The van der Waals surface area contributed by atoms with Crippen molar-refractivity contribution in [2.45, 2.75) is 42.8 Å². The van der Waals surface area contributed by atoms with E-state index in [4.69, 9.17) is 0 Å². The molecular weight excluding hydrogens is 429 g/mol. The highest BCUT2D eigenvalue weighted by atomic mass is 32.2. The third-order valence-corrected chi connectivity index (χ3v) is 5.34. The van der Waals surface area contributed by atoms with Crippen LogP contribution in [0.25, 0.3) is 16.9 Å². The summed E-state index contributed by atoms with van der Waals surface area (Å²) in [5.41, 5.74) is 2.63. The highest BCUT2D eigenvalue weighted by Gasteiger charge is 2.58. The van der Waals surface area contributed by atoms with E-state index >= 15 is 0 Å². The van der Waals surface area contributed by atoms with Crippen molar-refractivity contribution in [3.8, 4) is 17.1 Å². The summed E-state index contributed by atoms with van der Waals surface area (Å²) in [6.45, 7) is 0.0988. The molecule has 3 aromatic rings. The van der Waals surface area contributed by atoms with Crippen LogP contribution in [0.2, 0.25) is 0 Å². The predicted octanol–water partition coefficient (Wildman–Crippen LogP) is 4.75. The van der Waals surface area contributed by atoms with Gasteiger partial charge >= 0.3 is 12.1 Å². The van der Waals surface area contributed by atoms with E-state index in [9.17, 15) is 22.0 Å². The first kappa shape index (κ1) is 20.8. The fourth-order valence-corrected chi connectivity index (χ4v) is 3.61. The number of rotatable bonds is 7. The molecule has 3 aromatic heterocycles. The van der Waals surface area contributed by atoms with Gasteiger partial charge in [-0.2, -0.15) is 27.1 Å². The summed E-state index contributed by atoms with van der Waals surface area (Å²) in [6, 6.07) is 1.92. The topological polar surface area (TPSA) is 65.2 Å². The molecule has 0 aliphatic heterocycles. The van der Waals surface area contributed by atoms with Crippen LogP contribution in [0.4, 0.5) is 22.0 Å². The number of hydrogen-bond donors (Lipinski definition) is 0. The molecule has 0 saturated heterocycles. The van der Waals surface area contributed by atoms with Crippen LogP contribution in [0.5, 0.6) is 5.88 Å². The molecule has 6 nitrogen and oxygen atoms in total. The SMILES string of the molecule is CCSc1nn2c(C3CC3)ccnc2c1-c1cnc(OCC(F)(F)C(F)(F)F)cn1. The molecule has 160 valence electrons. The number of fused-ring (bicyclic) bond motifs is 1. The van der Waals surface area contributed by atoms with E-state index in [-0.39, 0.29) is 0 Å². The second-order valence-corrected chi connectivity index (χ2v) is 7.98. The van der Waals surface area contributed by atoms with Gasteiger partial charge in [0, 0.05) is 17.8 Å². The van der Waals surface area contributed by atoms with Gasteiger partial charge in [-0.25, -0.2) is 19.5 Å². The Hall–Kier alpha value is -2.50. The quantitative estimate of drug-likeness (QED) is 0.386. The van der Waals surface area contributed by atoms with Crippen LogP contribution in [0.15, 0.2) is 29.7 Å². The van der Waals surface area contributed by atoms with Gasteiger partial charge in [0.25, 0.3) is 0 Å². The standard InChI is InChI=1S/C18H16F5N5OS/c1-2-30-16-14(15-24-6-5-12(10-3-4-10)28(15)27-16)11-7-26-13(8-25-11)29-9-17(19,20)18(21,22)23/h5-8,10H,2-4,9H2,1H3. The van der Waals surface area contributed by atoms with Gasteiger partial charge in [0.2, 0.25) is 5.88 Å². The van der Waals surface area contributed by atoms with E-state index in [1.54, 1.807) is 10.7 Å². The van der Waals surface area contributed by atoms with Crippen molar-refractivity contribution in [2.75, 3.05) is 12.4 Å². The zero-order valence-corrected chi connectivity index (χ0v) is 16.5. The Bertz CT molecular complexity index is 1050. The molecule has 1 saturated carbocycles. The number of aromatic nitrogens is 5. The average molecular weight is 445 g/mol. The Morgan fingerprint density at radius 3 is 2.50 bits per heavy atom. The molecular formula is C18H16F5N5OS. The lowest BCUT2D eigenvalue weighted by molar-refractivity contribution is -0.290. The highest BCUT2D eigenvalue weighted by Crippen LogP contribution is 2.42. The molecule has 0 bridgehead atoms. The molecule has 0 N–H and O–H groups in total. The summed E-state index contributed by atoms with van der Waals surface area (Å²) >= 11 is 1.49. The minimum absolute atomic E-state index is 0.372. The van der Waals surface area contributed by atoms with Gasteiger partial charge in [0.15, 0.2) is 12.3 Å². The average Bonchev–Trinajstić information content (AvgIpc) is 3.47. The Kier molecular flexibility index (Phi) is 5.28. The van der Waals surface area contributed by atoms with Gasteiger partial charge < -0.3 is 4.74 Å². The first-order valence-electron chi connectivity index (χ1n) is 9.11. The zero-order valence-electron chi connectivity index (χ0n) is 15.7. The summed E-state index contributed by atoms with van der Waals surface area (Å²) < 4.78 is 69.1. The van der Waals surface area contributed by atoms with Crippen LogP contribution in [0.3, 0.4) is 0 Å². The molecule has 0 radical (unpaired) electrons. The molecule has 0 unspecified atom stereocenters. The Morgan fingerprint density at radius 1 is 1.13 bits per heavy atom. The Labute approximate surface area is 171 Å². The van der Waals surface area contributed by atoms with Crippen molar-refractivity contribution in [2.24, 2.45) is 0 Å². The number of hydrogen-bond acceptors (Lipinski definition) is 6. The highest BCUT2D eigenvalue weighted by molar-refractivity contribution is 7.99. The summed E-state index contributed by atoms with van der Waals surface area (Å²) in [6.07, 6.45) is 0.422. The van der Waals surface area contributed by atoms with E-state index in [0.29, 0.717) is 27.8 Å². The van der Waals surface area contributed by atoms with Crippen molar-refractivity contribution in [3.63, 3.8) is 0 Å². The molecule has 1 aliphatic rings. The Balaban J connectivity index is 1.64. The summed E-state index contributed by atoms with van der Waals surface area (Å²) in [7, 11) is 0. The first-order valence-corrected chi connectivity index (χ1v) is 10.1. The molecule has 3 heterocycles. The lowest BCUT2D eigenvalue weighted by Crippen LogP contribution is -2.41. The molecule has 0 spiro atoms. The van der Waals surface area contributed by atoms with Crippen molar-refractivity contribution in [3.05, 3.63) is 30.4 Å². The summed E-state index contributed by atoms with van der Waals surface area (Å²) in [4.78, 5) is 12.4. The lowest BCUT2D eigenvalue weighted by Gasteiger charge is -2.19. The number of alkyl halides is 5. The van der Waals surface area contributed by atoms with Gasteiger partial charge in [0.05, 0.1) is 23.7 Å². The van der Waals surface area contributed by atoms with Gasteiger partial charge in [-0.3, -0.25) is 0 Å². The summed E-state index contributed by atoms with van der Waals surface area (Å²) in [5, 5.41) is 5.34. The van der Waals surface area contributed by atoms with Crippen molar-refractivity contribution in [1.82, 2.24) is 24.6 Å². The van der Waals surface area contributed by atoms with Gasteiger partial charge in [-0.05, 0) is 24.7 Å². The van der Waals surface area contributed by atoms with E-state index in [1.165, 1.54) is 18.0 Å². The van der Waals surface area contributed by atoms with E-state index < -0.39 is 24.6 Å². The second-order valence-electron chi connectivity index (χ2n) is 6.72. The van der Waals surface area contributed by atoms with Gasteiger partial charge in [-0.1, -0.05) is 6.92 Å². The van der Waals surface area contributed by atoms with Crippen LogP contribution in [-0.4, -0.2) is 49.0 Å². The summed E-state index contributed by atoms with van der Waals surface area (Å²) in [5.74, 6) is -4.24. The second kappa shape index (κ2) is 7.64. The fourth-order valence-electron chi connectivity index (χ4n) is 2.86. The maximum absolute atomic E-state index is 13.0. The number of nitrogens with zero attached hydrogens (tertiary/aromatic N) is 5. The smallest absolute Gasteiger partial charge is 0.456 e. The van der Waals surface area contributed by atoms with Crippen LogP contribution < -0.4 is 4.74 Å². The maximum atomic E-state index is 13.0. The monoisotopic (exact) mass is 445 g/mol. The lowest BCUT2D eigenvalue weighted by atomic mass is 10.2. The minimum atomic E-state index is -5.70. The largest absolute Gasteiger partial charge is 0.470 e. The molecule has 0 atom stereocenters. The van der Waals surface area contributed by atoms with Crippen molar-refractivity contribution in [1.29, 1.82) is 0 Å². The zero-order chi connectivity index (χ0) is 21.5. The van der Waals surface area contributed by atoms with Crippen LogP contribution in [0.1, 0.15) is 31.4 Å². The maximum Gasteiger partial charge on any atom is 0.456 e. The number of halogens is 5. The molecule has 0 aromatic carbocycles. The molecule has 12 heteroatoms. The van der Waals surface area contributed by atoms with Crippen LogP contribution >= 0.6 is 11.8 Å². The minimum Gasteiger partial charge on any atom is -0.470 e. The van der Waals surface area contributed by atoms with E-state index in [0.717, 1.165) is 30.5 Å². The molecule has 1 fully saturated rings. The third kappa shape index (κ3) is 3.92. The first-order chi connectivity index (χ1) is 14.2. The van der Waals surface area contributed by atoms with Crippen LogP contribution in [0, 0.1) is 0 Å². The fraction of sp³-hybridized carbons (Fsp3) is 0.444. The number of ether oxygens (including phenoxy) is 1. The molecule has 0 amide bonds. The van der Waals surface area contributed by atoms with E-state index in [2.05, 4.69) is 24.8 Å². The normalized spacial score (nSPS) is 15.0.